The van der Waals surface area contributed by atoms with Crippen LogP contribution in [0.3, 0.4) is 0 Å². The van der Waals surface area contributed by atoms with E-state index >= 15 is 0 Å². The first-order valence-electron chi connectivity index (χ1n) is 21.5. The highest BCUT2D eigenvalue weighted by molar-refractivity contribution is 5.81. The molecular formula is C40H62N2O14. The van der Waals surface area contributed by atoms with Gasteiger partial charge in [-0.2, -0.15) is 0 Å². The number of hydrogen-bond acceptors (Lipinski definition) is 12. The average Bonchev–Trinajstić information content (AvgIpc) is 3.19. The summed E-state index contributed by atoms with van der Waals surface area (Å²) < 4.78 is 18.8. The normalized spacial score (nSPS) is 39.6. The first-order valence-corrected chi connectivity index (χ1v) is 21.5. The molecule has 56 heavy (non-hydrogen) atoms. The van der Waals surface area contributed by atoms with E-state index in [9.17, 15) is 44.8 Å². The summed E-state index contributed by atoms with van der Waals surface area (Å²) in [6.07, 6.45) is 16.6. The molecule has 0 aromatic heterocycles. The van der Waals surface area contributed by atoms with Gasteiger partial charge < -0.3 is 24.4 Å². The maximum absolute atomic E-state index is 13.0. The molecule has 0 radical (unpaired) electrons. The van der Waals surface area contributed by atoms with Crippen molar-refractivity contribution in [2.75, 3.05) is 6.61 Å². The standard InChI is InChI=1S/C40H62N2O14/c43-38(44)35-19-5-27(41(48)49)21-26(35)23-52-56-34-17-15-32(16-18-34)54-30-9-3-25(4-10-30)24-1-7-29(8-2-24)53-31-11-13-33(14-12-31)55-40(47)37-22-28(42(50)51)6-20-36(37)39(45)46/h24-37H,1-23H2,(H,43,44)(H,45,46). The van der Waals surface area contributed by atoms with Crippen molar-refractivity contribution < 1.29 is 58.4 Å². The van der Waals surface area contributed by atoms with E-state index in [2.05, 4.69) is 0 Å². The Labute approximate surface area is 328 Å². The minimum atomic E-state index is -1.10. The number of carboxylic acid groups (broad SMARTS) is 2. The highest BCUT2D eigenvalue weighted by Crippen LogP contribution is 2.42. The quantitative estimate of drug-likeness (QED) is 0.0777. The van der Waals surface area contributed by atoms with Gasteiger partial charge in [-0.1, -0.05) is 0 Å². The minimum Gasteiger partial charge on any atom is -0.481 e. The Morgan fingerprint density at radius 3 is 1.38 bits per heavy atom. The van der Waals surface area contributed by atoms with Gasteiger partial charge in [0, 0.05) is 41.4 Å². The largest absolute Gasteiger partial charge is 0.481 e. The Morgan fingerprint density at radius 1 is 0.500 bits per heavy atom. The van der Waals surface area contributed by atoms with Crippen LogP contribution in [0.5, 0.6) is 0 Å². The number of nitro groups is 2. The molecule has 0 saturated heterocycles. The fraction of sp³-hybridized carbons (Fsp3) is 0.925. The van der Waals surface area contributed by atoms with Crippen LogP contribution in [0.2, 0.25) is 0 Å². The molecule has 0 spiro atoms. The van der Waals surface area contributed by atoms with Gasteiger partial charge in [-0.3, -0.25) is 34.6 Å². The third kappa shape index (κ3) is 11.6. The predicted octanol–water partition coefficient (Wildman–Crippen LogP) is 6.54. The Balaban J connectivity index is 0.812. The molecule has 6 unspecified atom stereocenters. The lowest BCUT2D eigenvalue weighted by Gasteiger charge is -2.40. The summed E-state index contributed by atoms with van der Waals surface area (Å²) in [5.74, 6) is -4.21. The van der Waals surface area contributed by atoms with Gasteiger partial charge in [-0.15, -0.1) is 0 Å². The van der Waals surface area contributed by atoms with Crippen LogP contribution in [0.25, 0.3) is 0 Å². The topological polar surface area (TPSA) is 224 Å². The molecule has 16 nitrogen and oxygen atoms in total. The van der Waals surface area contributed by atoms with Gasteiger partial charge in [-0.25, -0.2) is 9.78 Å². The van der Waals surface area contributed by atoms with Gasteiger partial charge in [0.1, 0.15) is 6.10 Å². The Bertz CT molecular complexity index is 1330. The van der Waals surface area contributed by atoms with Gasteiger partial charge in [0.05, 0.1) is 54.9 Å². The first kappa shape index (κ1) is 42.7. The van der Waals surface area contributed by atoms with Gasteiger partial charge in [0.25, 0.3) is 0 Å². The van der Waals surface area contributed by atoms with Crippen molar-refractivity contribution in [3.8, 4) is 0 Å². The number of rotatable bonds is 15. The van der Waals surface area contributed by atoms with Crippen LogP contribution < -0.4 is 0 Å². The van der Waals surface area contributed by atoms with Crippen LogP contribution in [0.1, 0.15) is 141 Å². The minimum absolute atomic E-state index is 0.0519. The summed E-state index contributed by atoms with van der Waals surface area (Å²) in [5.41, 5.74) is 0. The Morgan fingerprint density at radius 2 is 0.911 bits per heavy atom. The predicted molar refractivity (Wildman–Crippen MR) is 197 cm³/mol. The average molecular weight is 795 g/mol. The number of aliphatic carboxylic acids is 2. The van der Waals surface area contributed by atoms with Crippen LogP contribution in [-0.2, 0) is 38.4 Å². The van der Waals surface area contributed by atoms with Crippen LogP contribution in [0.15, 0.2) is 0 Å². The van der Waals surface area contributed by atoms with Crippen molar-refractivity contribution in [2.24, 2.45) is 35.5 Å². The van der Waals surface area contributed by atoms with Crippen molar-refractivity contribution in [2.45, 2.75) is 190 Å². The van der Waals surface area contributed by atoms with Crippen molar-refractivity contribution >= 4 is 17.9 Å². The molecule has 0 aromatic carbocycles. The third-order valence-corrected chi connectivity index (χ3v) is 14.2. The molecule has 0 bridgehead atoms. The van der Waals surface area contributed by atoms with E-state index in [1.165, 1.54) is 25.7 Å². The van der Waals surface area contributed by atoms with E-state index in [0.717, 1.165) is 70.1 Å². The number of carbonyl (C=O) groups excluding carboxylic acids is 1. The molecule has 6 saturated carbocycles. The zero-order valence-electron chi connectivity index (χ0n) is 32.5. The molecule has 6 aliphatic rings. The van der Waals surface area contributed by atoms with Crippen molar-refractivity contribution in [1.29, 1.82) is 0 Å². The highest BCUT2D eigenvalue weighted by atomic mass is 17.2. The number of esters is 1. The molecule has 0 heterocycles. The van der Waals surface area contributed by atoms with E-state index in [4.69, 9.17) is 24.0 Å². The number of hydrogen-bond donors (Lipinski definition) is 2. The smallest absolute Gasteiger partial charge is 0.310 e. The fourth-order valence-corrected chi connectivity index (χ4v) is 10.8. The van der Waals surface area contributed by atoms with Crippen molar-refractivity contribution in [1.82, 2.24) is 0 Å². The van der Waals surface area contributed by atoms with E-state index in [0.29, 0.717) is 18.8 Å². The summed E-state index contributed by atoms with van der Waals surface area (Å²) >= 11 is 0. The second kappa shape index (κ2) is 20.1. The van der Waals surface area contributed by atoms with E-state index in [-0.39, 0.29) is 86.7 Å². The molecule has 0 amide bonds. The summed E-state index contributed by atoms with van der Waals surface area (Å²) in [6, 6.07) is -1.64. The number of ether oxygens (including phenoxy) is 3. The summed E-state index contributed by atoms with van der Waals surface area (Å²) in [6.45, 7) is 0.0519. The van der Waals surface area contributed by atoms with Gasteiger partial charge in [-0.05, 0) is 127 Å². The van der Waals surface area contributed by atoms with Crippen molar-refractivity contribution in [3.63, 3.8) is 0 Å². The highest BCUT2D eigenvalue weighted by Gasteiger charge is 2.45. The van der Waals surface area contributed by atoms with Crippen LogP contribution in [-0.4, -0.2) is 93.3 Å². The molecular weight excluding hydrogens is 732 g/mol. The zero-order valence-corrected chi connectivity index (χ0v) is 32.5. The molecule has 0 aliphatic heterocycles. The Kier molecular flexibility index (Phi) is 15.3. The number of nitrogens with zero attached hydrogens (tertiary/aromatic N) is 2. The molecule has 316 valence electrons. The van der Waals surface area contributed by atoms with E-state index in [1.807, 2.05) is 0 Å². The summed E-state index contributed by atoms with van der Waals surface area (Å²) in [4.78, 5) is 69.3. The van der Waals surface area contributed by atoms with Crippen LogP contribution in [0, 0.1) is 55.7 Å². The lowest BCUT2D eigenvalue weighted by Crippen LogP contribution is -2.42. The Hall–Kier alpha value is -2.95. The molecule has 0 aromatic rings. The lowest BCUT2D eigenvalue weighted by molar-refractivity contribution is -0.529. The fourth-order valence-electron chi connectivity index (χ4n) is 10.8. The maximum atomic E-state index is 13.0. The van der Waals surface area contributed by atoms with Gasteiger partial charge in [0.2, 0.25) is 12.1 Å². The second-order valence-electron chi connectivity index (χ2n) is 17.7. The SMILES string of the molecule is O=C(O)C1CCC([N+](=O)[O-])CC1COOC1CCC(OC2CCC(C3CCC(OC4CCC(OC(=O)C5CC([N+](=O)[O-])CCC5C(=O)O)CC4)CC3)CC2)CC1. The monoisotopic (exact) mass is 794 g/mol. The molecule has 6 rings (SSSR count). The van der Waals surface area contributed by atoms with E-state index in [1.54, 1.807) is 0 Å². The van der Waals surface area contributed by atoms with Crippen LogP contribution in [0.4, 0.5) is 0 Å². The molecule has 6 aliphatic carbocycles. The molecule has 6 atom stereocenters. The number of carbonyl (C=O) groups is 3. The summed E-state index contributed by atoms with van der Waals surface area (Å²) in [5, 5.41) is 41.7. The third-order valence-electron chi connectivity index (χ3n) is 14.2. The zero-order chi connectivity index (χ0) is 39.8. The lowest BCUT2D eigenvalue weighted by atomic mass is 9.72. The van der Waals surface area contributed by atoms with Crippen LogP contribution >= 0.6 is 0 Å². The first-order chi connectivity index (χ1) is 26.9. The summed E-state index contributed by atoms with van der Waals surface area (Å²) in [7, 11) is 0. The van der Waals surface area contributed by atoms with Crippen molar-refractivity contribution in [3.05, 3.63) is 20.2 Å². The molecule has 6 fully saturated rings. The van der Waals surface area contributed by atoms with E-state index < -0.39 is 58.6 Å². The molecule has 16 heteroatoms. The van der Waals surface area contributed by atoms with Gasteiger partial charge in [0.15, 0.2) is 0 Å². The molecule has 2 N–H and O–H groups in total. The van der Waals surface area contributed by atoms with Gasteiger partial charge >= 0.3 is 17.9 Å². The number of carboxylic acids is 2. The maximum Gasteiger partial charge on any atom is 0.310 e. The second-order valence-corrected chi connectivity index (χ2v) is 17.7.